The van der Waals surface area contributed by atoms with Crippen LogP contribution in [0.25, 0.3) is 5.69 Å². The Bertz CT molecular complexity index is 1060. The Labute approximate surface area is 181 Å². The van der Waals surface area contributed by atoms with Crippen molar-refractivity contribution in [3.63, 3.8) is 0 Å². The second-order valence-electron chi connectivity index (χ2n) is 7.50. The summed E-state index contributed by atoms with van der Waals surface area (Å²) in [7, 11) is 0. The molecule has 4 rings (SSSR count). The molecule has 1 saturated heterocycles. The smallest absolute Gasteiger partial charge is 0.257 e. The molecule has 0 spiro atoms. The lowest BCUT2D eigenvalue weighted by Gasteiger charge is -2.32. The summed E-state index contributed by atoms with van der Waals surface area (Å²) >= 11 is 0. The van der Waals surface area contributed by atoms with E-state index < -0.39 is 0 Å². The fraction of sp³-hybridized carbons (Fsp3) is 0.333. The molecule has 1 aliphatic heterocycles. The van der Waals surface area contributed by atoms with E-state index >= 15 is 0 Å². The van der Waals surface area contributed by atoms with Gasteiger partial charge in [-0.2, -0.15) is 5.10 Å². The number of piperidine rings is 1. The Morgan fingerprint density at radius 2 is 1.77 bits per heavy atom. The number of carbonyl (C=O) groups is 1. The van der Waals surface area contributed by atoms with E-state index in [0.29, 0.717) is 36.6 Å². The fourth-order valence-corrected chi connectivity index (χ4v) is 3.83. The van der Waals surface area contributed by atoms with Crippen molar-refractivity contribution < 1.29 is 18.7 Å². The van der Waals surface area contributed by atoms with Crippen molar-refractivity contribution in [3.05, 3.63) is 71.8 Å². The molecule has 0 bridgehead atoms. The zero-order valence-corrected chi connectivity index (χ0v) is 17.8. The SMILES string of the molecule is CCOc1ccccc1OC1CCN(C(=O)c2cnn(-c3ccccc3F)c2C)CC1. The Morgan fingerprint density at radius 1 is 1.10 bits per heavy atom. The summed E-state index contributed by atoms with van der Waals surface area (Å²) in [4.78, 5) is 14.9. The van der Waals surface area contributed by atoms with Gasteiger partial charge in [-0.3, -0.25) is 4.79 Å². The molecule has 2 heterocycles. The molecule has 31 heavy (non-hydrogen) atoms. The van der Waals surface area contributed by atoms with Crippen LogP contribution < -0.4 is 9.47 Å². The summed E-state index contributed by atoms with van der Waals surface area (Å²) < 4.78 is 27.4. The number of para-hydroxylation sites is 3. The number of benzene rings is 2. The Balaban J connectivity index is 1.41. The molecular weight excluding hydrogens is 397 g/mol. The van der Waals surface area contributed by atoms with E-state index in [1.54, 1.807) is 25.1 Å². The number of carbonyl (C=O) groups excluding carboxylic acids is 1. The van der Waals surface area contributed by atoms with Crippen molar-refractivity contribution in [2.45, 2.75) is 32.8 Å². The third-order valence-corrected chi connectivity index (χ3v) is 5.49. The van der Waals surface area contributed by atoms with Crippen LogP contribution in [-0.2, 0) is 0 Å². The molecule has 1 aromatic heterocycles. The van der Waals surface area contributed by atoms with E-state index in [9.17, 15) is 9.18 Å². The summed E-state index contributed by atoms with van der Waals surface area (Å²) in [6, 6.07) is 14.0. The highest BCUT2D eigenvalue weighted by Gasteiger charge is 2.27. The Hall–Kier alpha value is -3.35. The third kappa shape index (κ3) is 4.40. The maximum absolute atomic E-state index is 14.1. The molecule has 6 nitrogen and oxygen atoms in total. The fourth-order valence-electron chi connectivity index (χ4n) is 3.83. The van der Waals surface area contributed by atoms with Crippen LogP contribution in [-0.4, -0.2) is 46.4 Å². The number of hydrogen-bond donors (Lipinski definition) is 0. The number of amides is 1. The highest BCUT2D eigenvalue weighted by molar-refractivity contribution is 5.95. The lowest BCUT2D eigenvalue weighted by molar-refractivity contribution is 0.0588. The lowest BCUT2D eigenvalue weighted by atomic mass is 10.1. The maximum atomic E-state index is 14.1. The van der Waals surface area contributed by atoms with Crippen LogP contribution in [0.3, 0.4) is 0 Å². The molecule has 1 fully saturated rings. The van der Waals surface area contributed by atoms with Gasteiger partial charge in [-0.15, -0.1) is 0 Å². The standard InChI is InChI=1S/C24H26FN3O3/c1-3-30-22-10-6-7-11-23(22)31-18-12-14-27(15-13-18)24(29)19-16-26-28(17(19)2)21-9-5-4-8-20(21)25/h4-11,16,18H,3,12-15H2,1-2H3. The van der Waals surface area contributed by atoms with Crippen molar-refractivity contribution in [2.24, 2.45) is 0 Å². The normalized spacial score (nSPS) is 14.5. The van der Waals surface area contributed by atoms with Crippen LogP contribution in [0.5, 0.6) is 11.5 Å². The second kappa shape index (κ2) is 9.20. The topological polar surface area (TPSA) is 56.6 Å². The number of nitrogens with zero attached hydrogens (tertiary/aromatic N) is 3. The molecule has 2 aromatic carbocycles. The van der Waals surface area contributed by atoms with E-state index in [1.807, 2.05) is 36.1 Å². The first-order valence-electron chi connectivity index (χ1n) is 10.6. The van der Waals surface area contributed by atoms with E-state index in [0.717, 1.165) is 24.3 Å². The minimum Gasteiger partial charge on any atom is -0.490 e. The summed E-state index contributed by atoms with van der Waals surface area (Å²) in [5.74, 6) is 1.00. The molecule has 0 N–H and O–H groups in total. The zero-order valence-electron chi connectivity index (χ0n) is 17.8. The quantitative estimate of drug-likeness (QED) is 0.590. The van der Waals surface area contributed by atoms with Crippen molar-refractivity contribution in [2.75, 3.05) is 19.7 Å². The molecule has 0 atom stereocenters. The maximum Gasteiger partial charge on any atom is 0.257 e. The summed E-state index contributed by atoms with van der Waals surface area (Å²) in [5, 5.41) is 4.25. The van der Waals surface area contributed by atoms with Crippen molar-refractivity contribution in [1.82, 2.24) is 14.7 Å². The molecular formula is C24H26FN3O3. The van der Waals surface area contributed by atoms with Crippen molar-refractivity contribution in [3.8, 4) is 17.2 Å². The van der Waals surface area contributed by atoms with Crippen LogP contribution >= 0.6 is 0 Å². The predicted octanol–water partition coefficient (Wildman–Crippen LogP) is 4.40. The lowest BCUT2D eigenvalue weighted by Crippen LogP contribution is -2.42. The van der Waals surface area contributed by atoms with Gasteiger partial charge in [0.15, 0.2) is 11.5 Å². The number of halogens is 1. The number of ether oxygens (including phenoxy) is 2. The first kappa shape index (κ1) is 20.9. The number of rotatable bonds is 6. The van der Waals surface area contributed by atoms with Gasteiger partial charge in [0.05, 0.1) is 24.1 Å². The van der Waals surface area contributed by atoms with Gasteiger partial charge in [-0.05, 0) is 38.1 Å². The number of likely N-dealkylation sites (tertiary alicyclic amines) is 1. The van der Waals surface area contributed by atoms with Gasteiger partial charge in [0, 0.05) is 25.9 Å². The molecule has 0 unspecified atom stereocenters. The largest absolute Gasteiger partial charge is 0.490 e. The zero-order chi connectivity index (χ0) is 21.8. The van der Waals surface area contributed by atoms with Crippen LogP contribution in [0.1, 0.15) is 35.8 Å². The van der Waals surface area contributed by atoms with Crippen molar-refractivity contribution in [1.29, 1.82) is 0 Å². The average molecular weight is 423 g/mol. The van der Waals surface area contributed by atoms with Gasteiger partial charge in [0.25, 0.3) is 5.91 Å². The summed E-state index contributed by atoms with van der Waals surface area (Å²) in [6.07, 6.45) is 3.00. The van der Waals surface area contributed by atoms with Crippen LogP contribution in [0.15, 0.2) is 54.7 Å². The predicted molar refractivity (Wildman–Crippen MR) is 115 cm³/mol. The number of hydrogen-bond acceptors (Lipinski definition) is 4. The monoisotopic (exact) mass is 423 g/mol. The van der Waals surface area contributed by atoms with E-state index in [1.165, 1.54) is 16.9 Å². The molecule has 7 heteroatoms. The number of aromatic nitrogens is 2. The van der Waals surface area contributed by atoms with E-state index in [4.69, 9.17) is 9.47 Å². The third-order valence-electron chi connectivity index (χ3n) is 5.49. The van der Waals surface area contributed by atoms with E-state index in [-0.39, 0.29) is 17.8 Å². The Kier molecular flexibility index (Phi) is 6.21. The van der Waals surface area contributed by atoms with Crippen molar-refractivity contribution >= 4 is 5.91 Å². The summed E-state index contributed by atoms with van der Waals surface area (Å²) in [5.41, 5.74) is 1.45. The second-order valence-corrected chi connectivity index (χ2v) is 7.50. The highest BCUT2D eigenvalue weighted by atomic mass is 19.1. The van der Waals surface area contributed by atoms with Gasteiger partial charge in [-0.1, -0.05) is 24.3 Å². The van der Waals surface area contributed by atoms with Gasteiger partial charge < -0.3 is 14.4 Å². The molecule has 1 aliphatic rings. The van der Waals surface area contributed by atoms with Gasteiger partial charge in [0.2, 0.25) is 0 Å². The van der Waals surface area contributed by atoms with Crippen LogP contribution in [0.2, 0.25) is 0 Å². The van der Waals surface area contributed by atoms with E-state index in [2.05, 4.69) is 5.10 Å². The average Bonchev–Trinajstić information content (AvgIpc) is 3.17. The molecule has 3 aromatic rings. The first-order chi connectivity index (χ1) is 15.1. The molecule has 0 saturated carbocycles. The minimum atomic E-state index is -0.377. The van der Waals surface area contributed by atoms with Gasteiger partial charge >= 0.3 is 0 Å². The van der Waals surface area contributed by atoms with Crippen LogP contribution in [0.4, 0.5) is 4.39 Å². The van der Waals surface area contributed by atoms with Crippen LogP contribution in [0, 0.1) is 12.7 Å². The van der Waals surface area contributed by atoms with Gasteiger partial charge in [-0.25, -0.2) is 9.07 Å². The minimum absolute atomic E-state index is 0.0212. The molecule has 0 radical (unpaired) electrons. The molecule has 162 valence electrons. The molecule has 0 aliphatic carbocycles. The Morgan fingerprint density at radius 3 is 2.48 bits per heavy atom. The highest BCUT2D eigenvalue weighted by Crippen LogP contribution is 2.29. The first-order valence-corrected chi connectivity index (χ1v) is 10.6. The molecule has 1 amide bonds. The van der Waals surface area contributed by atoms with Gasteiger partial charge in [0.1, 0.15) is 17.6 Å². The summed E-state index contributed by atoms with van der Waals surface area (Å²) in [6.45, 7) is 5.48.